The van der Waals surface area contributed by atoms with Gasteiger partial charge in [-0.1, -0.05) is 0 Å². The van der Waals surface area contributed by atoms with Crippen molar-refractivity contribution >= 4 is 23.0 Å². The van der Waals surface area contributed by atoms with Crippen molar-refractivity contribution in [2.45, 2.75) is 52.2 Å². The van der Waals surface area contributed by atoms with E-state index in [0.29, 0.717) is 19.5 Å². The standard InChI is InChI=1S/C22H32FN5O2/c1-5-24-20(28-11-9-17(14-28)27-21(29)30-22(2,3)4)25-10-8-15-13-26-19-7-6-16(23)12-18(15)19/h6-7,12-13,17,26H,5,8-11,14H2,1-4H3,(H,24,25)(H,27,29). The van der Waals surface area contributed by atoms with Gasteiger partial charge < -0.3 is 25.3 Å². The molecule has 30 heavy (non-hydrogen) atoms. The third-order valence-electron chi connectivity index (χ3n) is 4.92. The molecular formula is C22H32FN5O2. The highest BCUT2D eigenvalue weighted by Crippen LogP contribution is 2.20. The van der Waals surface area contributed by atoms with Crippen LogP contribution in [0.15, 0.2) is 29.4 Å². The molecule has 0 aliphatic carbocycles. The number of hydrogen-bond donors (Lipinski definition) is 3. The molecule has 1 aliphatic rings. The number of aromatic nitrogens is 1. The smallest absolute Gasteiger partial charge is 0.407 e. The molecule has 1 saturated heterocycles. The average Bonchev–Trinajstić information content (AvgIpc) is 3.26. The number of aliphatic imine (C=N–C) groups is 1. The minimum atomic E-state index is -0.510. The first-order valence-electron chi connectivity index (χ1n) is 10.5. The predicted molar refractivity (Wildman–Crippen MR) is 117 cm³/mol. The lowest BCUT2D eigenvalue weighted by molar-refractivity contribution is 0.0507. The van der Waals surface area contributed by atoms with Crippen LogP contribution >= 0.6 is 0 Å². The first kappa shape index (κ1) is 21.9. The Morgan fingerprint density at radius 3 is 2.93 bits per heavy atom. The monoisotopic (exact) mass is 417 g/mol. The number of guanidine groups is 1. The second-order valence-corrected chi connectivity index (χ2v) is 8.57. The molecule has 1 aromatic heterocycles. The van der Waals surface area contributed by atoms with Gasteiger partial charge in [-0.3, -0.25) is 4.99 Å². The molecule has 7 nitrogen and oxygen atoms in total. The summed E-state index contributed by atoms with van der Waals surface area (Å²) in [6, 6.07) is 4.80. The summed E-state index contributed by atoms with van der Waals surface area (Å²) in [7, 11) is 0. The molecule has 0 radical (unpaired) electrons. The maximum Gasteiger partial charge on any atom is 0.407 e. The zero-order chi connectivity index (χ0) is 21.7. The number of fused-ring (bicyclic) bond motifs is 1. The van der Waals surface area contributed by atoms with E-state index < -0.39 is 5.60 Å². The van der Waals surface area contributed by atoms with Gasteiger partial charge in [0.2, 0.25) is 0 Å². The number of nitrogens with zero attached hydrogens (tertiary/aromatic N) is 2. The molecule has 1 aliphatic heterocycles. The zero-order valence-electron chi connectivity index (χ0n) is 18.2. The molecule has 1 amide bonds. The van der Waals surface area contributed by atoms with Gasteiger partial charge >= 0.3 is 6.09 Å². The summed E-state index contributed by atoms with van der Waals surface area (Å²) >= 11 is 0. The summed E-state index contributed by atoms with van der Waals surface area (Å²) in [6.07, 6.45) is 3.09. The lowest BCUT2D eigenvalue weighted by atomic mass is 10.1. The maximum absolute atomic E-state index is 13.6. The van der Waals surface area contributed by atoms with Crippen LogP contribution in [0.5, 0.6) is 0 Å². The van der Waals surface area contributed by atoms with Gasteiger partial charge in [-0.05, 0) is 64.3 Å². The fourth-order valence-electron chi connectivity index (χ4n) is 3.61. The Balaban J connectivity index is 1.58. The van der Waals surface area contributed by atoms with Crippen molar-refractivity contribution in [2.24, 2.45) is 4.99 Å². The largest absolute Gasteiger partial charge is 0.444 e. The number of alkyl carbamates (subject to hydrolysis) is 1. The van der Waals surface area contributed by atoms with Crippen LogP contribution in [-0.4, -0.2) is 59.8 Å². The van der Waals surface area contributed by atoms with Crippen LogP contribution in [-0.2, 0) is 11.2 Å². The van der Waals surface area contributed by atoms with E-state index >= 15 is 0 Å². The third-order valence-corrected chi connectivity index (χ3v) is 4.92. The number of amides is 1. The van der Waals surface area contributed by atoms with Crippen molar-refractivity contribution in [3.63, 3.8) is 0 Å². The first-order chi connectivity index (χ1) is 14.2. The lowest BCUT2D eigenvalue weighted by Crippen LogP contribution is -2.44. The number of benzene rings is 1. The van der Waals surface area contributed by atoms with Crippen LogP contribution < -0.4 is 10.6 Å². The van der Waals surface area contributed by atoms with Gasteiger partial charge in [0.05, 0.1) is 6.04 Å². The highest BCUT2D eigenvalue weighted by molar-refractivity contribution is 5.83. The van der Waals surface area contributed by atoms with E-state index in [1.165, 1.54) is 6.07 Å². The fourth-order valence-corrected chi connectivity index (χ4v) is 3.61. The molecule has 0 saturated carbocycles. The van der Waals surface area contributed by atoms with Crippen LogP contribution in [0.2, 0.25) is 0 Å². The predicted octanol–water partition coefficient (Wildman–Crippen LogP) is 3.41. The Labute approximate surface area is 177 Å². The molecule has 0 bridgehead atoms. The van der Waals surface area contributed by atoms with Crippen LogP contribution in [0.3, 0.4) is 0 Å². The number of nitrogens with one attached hydrogen (secondary N) is 3. The second-order valence-electron chi connectivity index (χ2n) is 8.57. The molecule has 2 aromatic rings. The highest BCUT2D eigenvalue weighted by Gasteiger charge is 2.27. The van der Waals surface area contributed by atoms with Crippen molar-refractivity contribution < 1.29 is 13.9 Å². The van der Waals surface area contributed by atoms with Crippen LogP contribution in [0, 0.1) is 5.82 Å². The summed E-state index contributed by atoms with van der Waals surface area (Å²) in [5.74, 6) is 0.595. The van der Waals surface area contributed by atoms with E-state index in [2.05, 4.69) is 20.5 Å². The normalized spacial score (nSPS) is 17.4. The highest BCUT2D eigenvalue weighted by atomic mass is 19.1. The van der Waals surface area contributed by atoms with Crippen LogP contribution in [0.1, 0.15) is 39.7 Å². The summed E-state index contributed by atoms with van der Waals surface area (Å²) in [5.41, 5.74) is 1.47. The number of rotatable bonds is 5. The molecule has 1 fully saturated rings. The Morgan fingerprint density at radius 2 is 2.20 bits per heavy atom. The number of H-pyrrole nitrogens is 1. The number of carbonyl (C=O) groups excluding carboxylic acids is 1. The summed E-state index contributed by atoms with van der Waals surface area (Å²) < 4.78 is 18.9. The van der Waals surface area contributed by atoms with E-state index in [9.17, 15) is 9.18 Å². The molecule has 8 heteroatoms. The SMILES string of the molecule is CCNC(=NCCc1c[nH]c2ccc(F)cc12)N1CCC(NC(=O)OC(C)(C)C)C1. The number of ether oxygens (including phenoxy) is 1. The second kappa shape index (κ2) is 9.36. The van der Waals surface area contributed by atoms with E-state index in [1.807, 2.05) is 33.9 Å². The summed E-state index contributed by atoms with van der Waals surface area (Å²) in [4.78, 5) is 22.1. The fraction of sp³-hybridized carbons (Fsp3) is 0.545. The molecule has 1 atom stereocenters. The molecule has 3 rings (SSSR count). The van der Waals surface area contributed by atoms with Gasteiger partial charge in [-0.2, -0.15) is 0 Å². The third kappa shape index (κ3) is 5.87. The molecule has 164 valence electrons. The lowest BCUT2D eigenvalue weighted by Gasteiger charge is -2.23. The Morgan fingerprint density at radius 1 is 1.40 bits per heavy atom. The van der Waals surface area contributed by atoms with Gasteiger partial charge in [0.25, 0.3) is 0 Å². The number of halogens is 1. The van der Waals surface area contributed by atoms with Crippen LogP contribution in [0.4, 0.5) is 9.18 Å². The van der Waals surface area contributed by atoms with Crippen LogP contribution in [0.25, 0.3) is 10.9 Å². The van der Waals surface area contributed by atoms with Gasteiger partial charge in [0, 0.05) is 43.3 Å². The zero-order valence-corrected chi connectivity index (χ0v) is 18.2. The molecular weight excluding hydrogens is 385 g/mol. The van der Waals surface area contributed by atoms with Gasteiger partial charge in [0.1, 0.15) is 11.4 Å². The van der Waals surface area contributed by atoms with Crippen molar-refractivity contribution in [3.05, 3.63) is 35.8 Å². The average molecular weight is 418 g/mol. The molecule has 0 spiro atoms. The van der Waals surface area contributed by atoms with E-state index in [4.69, 9.17) is 9.73 Å². The Kier molecular flexibility index (Phi) is 6.84. The molecule has 1 aromatic carbocycles. The van der Waals surface area contributed by atoms with Gasteiger partial charge in [-0.25, -0.2) is 9.18 Å². The first-order valence-corrected chi connectivity index (χ1v) is 10.5. The van der Waals surface area contributed by atoms with E-state index in [0.717, 1.165) is 41.9 Å². The minimum Gasteiger partial charge on any atom is -0.444 e. The number of likely N-dealkylation sites (tertiary alicyclic amines) is 1. The molecule has 3 N–H and O–H groups in total. The number of hydrogen-bond acceptors (Lipinski definition) is 3. The van der Waals surface area contributed by atoms with E-state index in [1.54, 1.807) is 12.1 Å². The molecule has 1 unspecified atom stereocenters. The topological polar surface area (TPSA) is 81.8 Å². The maximum atomic E-state index is 13.6. The van der Waals surface area contributed by atoms with Crippen molar-refractivity contribution in [1.29, 1.82) is 0 Å². The number of carbonyl (C=O) groups is 1. The van der Waals surface area contributed by atoms with Crippen molar-refractivity contribution in [1.82, 2.24) is 20.5 Å². The Bertz CT molecular complexity index is 903. The van der Waals surface area contributed by atoms with Gasteiger partial charge in [-0.15, -0.1) is 0 Å². The summed E-state index contributed by atoms with van der Waals surface area (Å²) in [5, 5.41) is 7.17. The Hall–Kier alpha value is -2.77. The van der Waals surface area contributed by atoms with Gasteiger partial charge in [0.15, 0.2) is 5.96 Å². The summed E-state index contributed by atoms with van der Waals surface area (Å²) in [6.45, 7) is 10.4. The van der Waals surface area contributed by atoms with E-state index in [-0.39, 0.29) is 18.0 Å². The van der Waals surface area contributed by atoms with Crippen molar-refractivity contribution in [2.75, 3.05) is 26.2 Å². The van der Waals surface area contributed by atoms with Crippen molar-refractivity contribution in [3.8, 4) is 0 Å². The molecule has 2 heterocycles. The quantitative estimate of drug-likeness (QED) is 0.514. The number of aromatic amines is 1. The minimum absolute atomic E-state index is 0.0281.